The van der Waals surface area contributed by atoms with Crippen LogP contribution in [0.4, 0.5) is 0 Å². The predicted octanol–water partition coefficient (Wildman–Crippen LogP) is 14.3. The third-order valence-corrected chi connectivity index (χ3v) is 11.9. The van der Waals surface area contributed by atoms with Crippen molar-refractivity contribution in [1.82, 2.24) is 4.57 Å². The van der Waals surface area contributed by atoms with Crippen molar-refractivity contribution in [3.05, 3.63) is 211 Å². The Morgan fingerprint density at radius 1 is 0.382 bits per heavy atom. The van der Waals surface area contributed by atoms with Gasteiger partial charge in [0.25, 0.3) is 0 Å². The SMILES string of the molecule is c1ccc(C2c3ccccc3-c3cc(-c4ccc5c(c4)c4ccccc4n5-c4cc(-c5cccc6oc7ccccc7c56)cc5ccccc45)ccc32)cc1. The van der Waals surface area contributed by atoms with E-state index in [1.165, 1.54) is 82.6 Å². The lowest BCUT2D eigenvalue weighted by atomic mass is 9.89. The largest absolute Gasteiger partial charge is 0.456 e. The third kappa shape index (κ3) is 4.49. The van der Waals surface area contributed by atoms with Gasteiger partial charge in [-0.2, -0.15) is 0 Å². The van der Waals surface area contributed by atoms with Crippen LogP contribution >= 0.6 is 0 Å². The van der Waals surface area contributed by atoms with Gasteiger partial charge in [0, 0.05) is 32.8 Å². The van der Waals surface area contributed by atoms with Gasteiger partial charge in [0.1, 0.15) is 11.2 Å². The standard InChI is InChI=1S/C53H33NO/c1-2-13-33(14-3-1)52-42-19-7-6-17-40(42)45-30-34(25-27-43(45)52)35-26-28-48-46(31-35)41-18-8-10-22-47(41)54(48)49-32-37(29-36-15-4-5-16-38(36)49)39-21-12-24-51-53(39)44-20-9-11-23-50(44)55-51/h1-32,52H. The highest BCUT2D eigenvalue weighted by Gasteiger charge is 2.30. The molecule has 11 aromatic rings. The highest BCUT2D eigenvalue weighted by Crippen LogP contribution is 2.49. The van der Waals surface area contributed by atoms with Crippen LogP contribution in [-0.4, -0.2) is 4.57 Å². The van der Waals surface area contributed by atoms with Crippen molar-refractivity contribution in [3.63, 3.8) is 0 Å². The number of hydrogen-bond donors (Lipinski definition) is 0. The van der Waals surface area contributed by atoms with E-state index in [0.717, 1.165) is 27.6 Å². The van der Waals surface area contributed by atoms with Crippen molar-refractivity contribution in [2.45, 2.75) is 5.92 Å². The van der Waals surface area contributed by atoms with Gasteiger partial charge in [-0.25, -0.2) is 0 Å². The second-order valence-corrected chi connectivity index (χ2v) is 14.8. The minimum atomic E-state index is 0.242. The molecule has 2 nitrogen and oxygen atoms in total. The lowest BCUT2D eigenvalue weighted by Gasteiger charge is -2.15. The molecule has 12 rings (SSSR count). The summed E-state index contributed by atoms with van der Waals surface area (Å²) < 4.78 is 8.80. The van der Waals surface area contributed by atoms with Crippen LogP contribution in [0.25, 0.3) is 93.6 Å². The lowest BCUT2D eigenvalue weighted by molar-refractivity contribution is 0.669. The molecule has 1 unspecified atom stereocenters. The molecule has 0 aliphatic heterocycles. The maximum atomic E-state index is 6.33. The molecule has 2 aromatic heterocycles. The van der Waals surface area contributed by atoms with Crippen LogP contribution in [0.15, 0.2) is 199 Å². The Morgan fingerprint density at radius 3 is 1.98 bits per heavy atom. The molecule has 0 spiro atoms. The number of hydrogen-bond acceptors (Lipinski definition) is 1. The van der Waals surface area contributed by atoms with Crippen molar-refractivity contribution in [2.24, 2.45) is 0 Å². The Bertz CT molecular complexity index is 3330. The molecule has 0 amide bonds. The van der Waals surface area contributed by atoms with Crippen molar-refractivity contribution in [3.8, 4) is 39.1 Å². The van der Waals surface area contributed by atoms with Gasteiger partial charge in [-0.1, -0.05) is 146 Å². The Morgan fingerprint density at radius 2 is 1.05 bits per heavy atom. The molecule has 0 N–H and O–H groups in total. The number of furan rings is 1. The molecule has 256 valence electrons. The summed E-state index contributed by atoms with van der Waals surface area (Å²) in [5.41, 5.74) is 16.9. The lowest BCUT2D eigenvalue weighted by Crippen LogP contribution is -1.98. The summed E-state index contributed by atoms with van der Waals surface area (Å²) in [4.78, 5) is 0. The molecule has 0 fully saturated rings. The van der Waals surface area contributed by atoms with Crippen LogP contribution in [0.3, 0.4) is 0 Å². The molecule has 0 saturated carbocycles. The van der Waals surface area contributed by atoms with Gasteiger partial charge >= 0.3 is 0 Å². The molecular weight excluding hydrogens is 667 g/mol. The summed E-state index contributed by atoms with van der Waals surface area (Å²) in [6, 6.07) is 71.0. The predicted molar refractivity (Wildman–Crippen MR) is 229 cm³/mol. The van der Waals surface area contributed by atoms with Crippen LogP contribution < -0.4 is 0 Å². The fraction of sp³-hybridized carbons (Fsp3) is 0.0189. The molecule has 0 radical (unpaired) electrons. The number of nitrogens with zero attached hydrogens (tertiary/aromatic N) is 1. The molecule has 55 heavy (non-hydrogen) atoms. The van der Waals surface area contributed by atoms with E-state index < -0.39 is 0 Å². The first kappa shape index (κ1) is 30.3. The maximum Gasteiger partial charge on any atom is 0.136 e. The van der Waals surface area contributed by atoms with Crippen LogP contribution in [0.5, 0.6) is 0 Å². The van der Waals surface area contributed by atoms with Gasteiger partial charge in [-0.3, -0.25) is 0 Å². The van der Waals surface area contributed by atoms with Gasteiger partial charge in [-0.05, 0) is 104 Å². The van der Waals surface area contributed by atoms with Gasteiger partial charge in [0.2, 0.25) is 0 Å². The second kappa shape index (κ2) is 11.7. The Labute approximate surface area is 318 Å². The number of aromatic nitrogens is 1. The van der Waals surface area contributed by atoms with Gasteiger partial charge < -0.3 is 8.98 Å². The molecule has 0 bridgehead atoms. The molecular formula is C53H33NO. The first-order valence-corrected chi connectivity index (χ1v) is 19.0. The average Bonchev–Trinajstić information content (AvgIpc) is 3.91. The second-order valence-electron chi connectivity index (χ2n) is 14.8. The summed E-state index contributed by atoms with van der Waals surface area (Å²) in [7, 11) is 0. The van der Waals surface area contributed by atoms with Crippen LogP contribution in [0.2, 0.25) is 0 Å². The first-order chi connectivity index (χ1) is 27.3. The third-order valence-electron chi connectivity index (χ3n) is 11.9. The van der Waals surface area contributed by atoms with E-state index in [4.69, 9.17) is 4.42 Å². The molecule has 2 heterocycles. The van der Waals surface area contributed by atoms with Crippen molar-refractivity contribution in [2.75, 3.05) is 0 Å². The quantitative estimate of drug-likeness (QED) is 0.179. The van der Waals surface area contributed by atoms with E-state index in [2.05, 4.69) is 193 Å². The smallest absolute Gasteiger partial charge is 0.136 e. The number of fused-ring (bicyclic) bond motifs is 10. The molecule has 1 aliphatic carbocycles. The topological polar surface area (TPSA) is 18.1 Å². The Kier molecular flexibility index (Phi) is 6.43. The highest BCUT2D eigenvalue weighted by molar-refractivity contribution is 6.15. The fourth-order valence-corrected chi connectivity index (χ4v) is 9.45. The zero-order valence-electron chi connectivity index (χ0n) is 29.9. The average molecular weight is 700 g/mol. The Hall–Kier alpha value is -7.16. The zero-order chi connectivity index (χ0) is 36.0. The monoisotopic (exact) mass is 699 g/mol. The van der Waals surface area contributed by atoms with Crippen LogP contribution in [0, 0.1) is 0 Å². The maximum absolute atomic E-state index is 6.33. The van der Waals surface area contributed by atoms with Crippen molar-refractivity contribution >= 4 is 54.5 Å². The Balaban J connectivity index is 1.06. The van der Waals surface area contributed by atoms with E-state index in [9.17, 15) is 0 Å². The van der Waals surface area contributed by atoms with Crippen LogP contribution in [0.1, 0.15) is 22.6 Å². The van der Waals surface area contributed by atoms with E-state index in [0.29, 0.717) is 0 Å². The van der Waals surface area contributed by atoms with E-state index in [1.54, 1.807) is 0 Å². The molecule has 1 atom stereocenters. The van der Waals surface area contributed by atoms with Gasteiger partial charge in [0.15, 0.2) is 0 Å². The summed E-state index contributed by atoms with van der Waals surface area (Å²) in [6.07, 6.45) is 0. The number of rotatable bonds is 4. The molecule has 0 saturated heterocycles. The minimum absolute atomic E-state index is 0.242. The summed E-state index contributed by atoms with van der Waals surface area (Å²) in [5, 5.41) is 7.19. The van der Waals surface area contributed by atoms with Gasteiger partial charge in [-0.15, -0.1) is 0 Å². The summed E-state index contributed by atoms with van der Waals surface area (Å²) >= 11 is 0. The number of benzene rings is 9. The summed E-state index contributed by atoms with van der Waals surface area (Å²) in [6.45, 7) is 0. The van der Waals surface area contributed by atoms with Crippen molar-refractivity contribution in [1.29, 1.82) is 0 Å². The highest BCUT2D eigenvalue weighted by atomic mass is 16.3. The summed E-state index contributed by atoms with van der Waals surface area (Å²) in [5.74, 6) is 0.242. The normalized spacial score (nSPS) is 13.6. The molecule has 9 aromatic carbocycles. The minimum Gasteiger partial charge on any atom is -0.456 e. The van der Waals surface area contributed by atoms with Crippen LogP contribution in [-0.2, 0) is 0 Å². The fourth-order valence-electron chi connectivity index (χ4n) is 9.45. The first-order valence-electron chi connectivity index (χ1n) is 19.0. The van der Waals surface area contributed by atoms with E-state index in [-0.39, 0.29) is 5.92 Å². The zero-order valence-corrected chi connectivity index (χ0v) is 29.9. The number of para-hydroxylation sites is 2. The van der Waals surface area contributed by atoms with E-state index in [1.807, 2.05) is 6.07 Å². The molecule has 2 heteroatoms. The molecule has 1 aliphatic rings. The van der Waals surface area contributed by atoms with E-state index >= 15 is 0 Å². The van der Waals surface area contributed by atoms with Crippen molar-refractivity contribution < 1.29 is 4.42 Å². The van der Waals surface area contributed by atoms with Gasteiger partial charge in [0.05, 0.1) is 16.7 Å².